The van der Waals surface area contributed by atoms with Gasteiger partial charge in [0.05, 0.1) is 13.7 Å². The van der Waals surface area contributed by atoms with Crippen molar-refractivity contribution in [1.82, 2.24) is 4.57 Å². The molecule has 0 aliphatic rings. The van der Waals surface area contributed by atoms with Crippen LogP contribution in [0.2, 0.25) is 0 Å². The van der Waals surface area contributed by atoms with E-state index in [1.807, 2.05) is 30.3 Å². The molecule has 1 rings (SSSR count). The number of aromatic nitrogens is 2. The fraction of sp³-hybridized carbons (Fsp3) is 0.625. The number of methoxy groups -OCH3 is 1. The third-order valence-electron chi connectivity index (χ3n) is 1.52. The molecule has 0 unspecified atom stereocenters. The average Bonchev–Trinajstić information content (AvgIpc) is 2.45. The average molecular weight is 251 g/mol. The Morgan fingerprint density at radius 2 is 2.23 bits per heavy atom. The molecule has 0 aliphatic carbocycles. The Labute approximate surface area is 88.8 Å². The Balaban J connectivity index is 0.00000144. The highest BCUT2D eigenvalue weighted by molar-refractivity contribution is 4.65. The molecular weight excluding hydrogens is 236 g/mol. The number of hydrogen-bond acceptors (Lipinski definition) is 2. The molecule has 0 bridgehead atoms. The molecule has 0 saturated carbocycles. The topological polar surface area (TPSA) is 27.3 Å². The highest BCUT2D eigenvalue weighted by Crippen LogP contribution is 1.84. The Morgan fingerprint density at radius 3 is 2.77 bits per heavy atom. The molecular formula is C8H15BrN2O2. The second-order valence-electron chi connectivity index (χ2n) is 2.63. The first-order chi connectivity index (χ1) is 5.83. The fourth-order valence-corrected chi connectivity index (χ4v) is 0.946. The van der Waals surface area contributed by atoms with Gasteiger partial charge in [0.2, 0.25) is 6.33 Å². The van der Waals surface area contributed by atoms with Gasteiger partial charge in [-0.3, -0.25) is 0 Å². The van der Waals surface area contributed by atoms with Gasteiger partial charge in [-0.05, 0) is 0 Å². The predicted molar refractivity (Wildman–Crippen MR) is 43.4 cm³/mol. The molecule has 0 fully saturated rings. The molecule has 1 aromatic rings. The SMILES string of the molecule is COCOCCn1cc[n+](C)c1.[Br-]. The van der Waals surface area contributed by atoms with Crippen molar-refractivity contribution >= 4 is 0 Å². The first kappa shape index (κ1) is 12.6. The molecule has 0 aromatic carbocycles. The molecule has 0 atom stereocenters. The van der Waals surface area contributed by atoms with Gasteiger partial charge >= 0.3 is 0 Å². The van der Waals surface area contributed by atoms with Crippen molar-refractivity contribution in [2.24, 2.45) is 7.05 Å². The second kappa shape index (κ2) is 7.06. The van der Waals surface area contributed by atoms with Crippen molar-refractivity contribution in [1.29, 1.82) is 0 Å². The Morgan fingerprint density at radius 1 is 1.46 bits per heavy atom. The van der Waals surface area contributed by atoms with Crippen molar-refractivity contribution in [3.05, 3.63) is 18.7 Å². The van der Waals surface area contributed by atoms with E-state index >= 15 is 0 Å². The lowest BCUT2D eigenvalue weighted by Gasteiger charge is -1.99. The van der Waals surface area contributed by atoms with E-state index in [0.29, 0.717) is 13.4 Å². The predicted octanol–water partition coefficient (Wildman–Crippen LogP) is -3.06. The number of ether oxygens (including phenoxy) is 2. The van der Waals surface area contributed by atoms with Crippen LogP contribution in [0.4, 0.5) is 0 Å². The maximum atomic E-state index is 5.14. The number of nitrogens with zero attached hydrogens (tertiary/aromatic N) is 2. The molecule has 1 heterocycles. The van der Waals surface area contributed by atoms with Gasteiger partial charge in [0.15, 0.2) is 0 Å². The Hall–Kier alpha value is -0.390. The summed E-state index contributed by atoms with van der Waals surface area (Å²) in [5.74, 6) is 0. The van der Waals surface area contributed by atoms with Crippen LogP contribution in [0.3, 0.4) is 0 Å². The molecule has 13 heavy (non-hydrogen) atoms. The van der Waals surface area contributed by atoms with Gasteiger partial charge < -0.3 is 26.5 Å². The van der Waals surface area contributed by atoms with E-state index in [2.05, 4.69) is 4.57 Å². The van der Waals surface area contributed by atoms with Crippen molar-refractivity contribution in [2.45, 2.75) is 6.54 Å². The first-order valence-corrected chi connectivity index (χ1v) is 3.90. The van der Waals surface area contributed by atoms with E-state index in [-0.39, 0.29) is 17.0 Å². The minimum atomic E-state index is 0. The van der Waals surface area contributed by atoms with Gasteiger partial charge in [-0.15, -0.1) is 0 Å². The third kappa shape index (κ3) is 5.02. The molecule has 0 amide bonds. The highest BCUT2D eigenvalue weighted by Gasteiger charge is 1.98. The van der Waals surface area contributed by atoms with Gasteiger partial charge in [-0.25, -0.2) is 9.13 Å². The summed E-state index contributed by atoms with van der Waals surface area (Å²) in [6, 6.07) is 0. The van der Waals surface area contributed by atoms with Crippen molar-refractivity contribution in [3.8, 4) is 0 Å². The van der Waals surface area contributed by atoms with Crippen molar-refractivity contribution < 1.29 is 31.0 Å². The molecule has 4 nitrogen and oxygen atoms in total. The number of halogens is 1. The van der Waals surface area contributed by atoms with Crippen LogP contribution < -0.4 is 21.5 Å². The number of rotatable bonds is 5. The zero-order valence-electron chi connectivity index (χ0n) is 7.94. The summed E-state index contributed by atoms with van der Waals surface area (Å²) in [5.41, 5.74) is 0. The zero-order valence-corrected chi connectivity index (χ0v) is 9.53. The van der Waals surface area contributed by atoms with Crippen LogP contribution >= 0.6 is 0 Å². The second-order valence-corrected chi connectivity index (χ2v) is 2.63. The standard InChI is InChI=1S/C8H15N2O2.BrH/c1-9-3-4-10(7-9)5-6-12-8-11-2;/h3-4,7H,5-6,8H2,1-2H3;1H/q+1;/p-1. The number of imidazole rings is 1. The molecule has 0 spiro atoms. The van der Waals surface area contributed by atoms with E-state index in [1.54, 1.807) is 7.11 Å². The molecule has 0 aliphatic heterocycles. The van der Waals surface area contributed by atoms with Crippen LogP contribution in [-0.2, 0) is 23.1 Å². The Kier molecular flexibility index (Phi) is 6.84. The van der Waals surface area contributed by atoms with E-state index in [0.717, 1.165) is 6.54 Å². The maximum absolute atomic E-state index is 5.14. The quantitative estimate of drug-likeness (QED) is 0.316. The number of hydrogen-bond donors (Lipinski definition) is 0. The van der Waals surface area contributed by atoms with E-state index in [1.165, 1.54) is 0 Å². The minimum absolute atomic E-state index is 0. The normalized spacial score (nSPS) is 9.69. The van der Waals surface area contributed by atoms with Crippen molar-refractivity contribution in [2.75, 3.05) is 20.5 Å². The molecule has 0 N–H and O–H groups in total. The third-order valence-corrected chi connectivity index (χ3v) is 1.52. The van der Waals surface area contributed by atoms with Crippen LogP contribution in [0.1, 0.15) is 0 Å². The first-order valence-electron chi connectivity index (χ1n) is 3.90. The summed E-state index contributed by atoms with van der Waals surface area (Å²) < 4.78 is 14.0. The van der Waals surface area contributed by atoms with Gasteiger partial charge in [0.25, 0.3) is 0 Å². The summed E-state index contributed by atoms with van der Waals surface area (Å²) >= 11 is 0. The molecule has 1 aromatic heterocycles. The van der Waals surface area contributed by atoms with Gasteiger partial charge in [0, 0.05) is 7.11 Å². The van der Waals surface area contributed by atoms with Crippen LogP contribution in [-0.4, -0.2) is 25.1 Å². The van der Waals surface area contributed by atoms with Gasteiger partial charge in [-0.1, -0.05) is 0 Å². The molecule has 5 heteroatoms. The largest absolute Gasteiger partial charge is 1.00 e. The summed E-state index contributed by atoms with van der Waals surface area (Å²) in [6.07, 6.45) is 6.02. The van der Waals surface area contributed by atoms with Crippen LogP contribution in [0.25, 0.3) is 0 Å². The van der Waals surface area contributed by atoms with Crippen LogP contribution in [0, 0.1) is 0 Å². The number of aryl methyl sites for hydroxylation is 1. The lowest BCUT2D eigenvalue weighted by molar-refractivity contribution is -0.671. The lowest BCUT2D eigenvalue weighted by atomic mass is 10.7. The van der Waals surface area contributed by atoms with Gasteiger partial charge in [0.1, 0.15) is 25.7 Å². The van der Waals surface area contributed by atoms with E-state index in [9.17, 15) is 0 Å². The fourth-order valence-electron chi connectivity index (χ4n) is 0.946. The molecule has 0 saturated heterocycles. The molecule has 76 valence electrons. The van der Waals surface area contributed by atoms with E-state index in [4.69, 9.17) is 9.47 Å². The van der Waals surface area contributed by atoms with Crippen LogP contribution in [0.5, 0.6) is 0 Å². The monoisotopic (exact) mass is 250 g/mol. The minimum Gasteiger partial charge on any atom is -1.00 e. The van der Waals surface area contributed by atoms with E-state index < -0.39 is 0 Å². The lowest BCUT2D eigenvalue weighted by Crippen LogP contribution is -3.00. The van der Waals surface area contributed by atoms with Crippen molar-refractivity contribution in [3.63, 3.8) is 0 Å². The highest BCUT2D eigenvalue weighted by atomic mass is 79.9. The molecule has 0 radical (unpaired) electrons. The summed E-state index contributed by atoms with van der Waals surface area (Å²) in [4.78, 5) is 0. The Bertz CT molecular complexity index is 228. The zero-order chi connectivity index (χ0) is 8.81. The summed E-state index contributed by atoms with van der Waals surface area (Å²) in [6.45, 7) is 1.92. The smallest absolute Gasteiger partial charge is 0.243 e. The summed E-state index contributed by atoms with van der Waals surface area (Å²) in [5, 5.41) is 0. The van der Waals surface area contributed by atoms with Crippen LogP contribution in [0.15, 0.2) is 18.7 Å². The summed E-state index contributed by atoms with van der Waals surface area (Å²) in [7, 11) is 3.61. The van der Waals surface area contributed by atoms with Gasteiger partial charge in [-0.2, -0.15) is 0 Å². The maximum Gasteiger partial charge on any atom is 0.243 e.